The average Bonchev–Trinajstić information content (AvgIpc) is 2.38. The maximum absolute atomic E-state index is 12.1. The Labute approximate surface area is 116 Å². The Balaban J connectivity index is 1.96. The van der Waals surface area contributed by atoms with Gasteiger partial charge in [-0.2, -0.15) is 8.78 Å². The highest BCUT2D eigenvalue weighted by Crippen LogP contribution is 2.21. The summed E-state index contributed by atoms with van der Waals surface area (Å²) < 4.78 is 28.6. The summed E-state index contributed by atoms with van der Waals surface area (Å²) in [6, 6.07) is 5.81. The van der Waals surface area contributed by atoms with Crippen molar-refractivity contribution < 1.29 is 18.3 Å². The third kappa shape index (κ3) is 4.08. The molecule has 6 heteroatoms. The van der Waals surface area contributed by atoms with Gasteiger partial charge in [0.05, 0.1) is 0 Å². The Kier molecular flexibility index (Phi) is 4.76. The smallest absolute Gasteiger partial charge is 0.387 e. The van der Waals surface area contributed by atoms with E-state index in [9.17, 15) is 13.6 Å². The van der Waals surface area contributed by atoms with Gasteiger partial charge in [0, 0.05) is 24.8 Å². The number of hydrogen-bond acceptors (Lipinski definition) is 2. The van der Waals surface area contributed by atoms with Crippen LogP contribution in [-0.2, 0) is 0 Å². The van der Waals surface area contributed by atoms with Gasteiger partial charge in [0.1, 0.15) is 5.75 Å². The molecule has 0 radical (unpaired) electrons. The normalized spacial score (nSPS) is 19.0. The van der Waals surface area contributed by atoms with E-state index in [0.717, 1.165) is 25.9 Å². The molecule has 2 amide bonds. The number of hydrogen-bond donors (Lipinski definition) is 1. The molecule has 0 aromatic heterocycles. The van der Waals surface area contributed by atoms with Crippen molar-refractivity contribution in [2.45, 2.75) is 26.4 Å². The first-order chi connectivity index (χ1) is 9.54. The number of amides is 2. The lowest BCUT2D eigenvalue weighted by molar-refractivity contribution is -0.0497. The van der Waals surface area contributed by atoms with Gasteiger partial charge in [-0.25, -0.2) is 4.79 Å². The minimum atomic E-state index is -2.87. The van der Waals surface area contributed by atoms with Gasteiger partial charge < -0.3 is 15.0 Å². The molecule has 0 spiro atoms. The lowest BCUT2D eigenvalue weighted by atomic mass is 10.0. The zero-order chi connectivity index (χ0) is 14.5. The van der Waals surface area contributed by atoms with Crippen LogP contribution >= 0.6 is 0 Å². The van der Waals surface area contributed by atoms with Gasteiger partial charge >= 0.3 is 12.6 Å². The van der Waals surface area contributed by atoms with E-state index in [1.807, 2.05) is 0 Å². The molecule has 1 atom stereocenters. The number of likely N-dealkylation sites (tertiary alicyclic amines) is 1. The van der Waals surface area contributed by atoms with Crippen LogP contribution in [0.4, 0.5) is 19.3 Å². The number of urea groups is 1. The molecular formula is C14H18F2N2O2. The highest BCUT2D eigenvalue weighted by atomic mass is 19.3. The molecule has 0 aliphatic carbocycles. The summed E-state index contributed by atoms with van der Waals surface area (Å²) in [4.78, 5) is 13.8. The van der Waals surface area contributed by atoms with E-state index in [-0.39, 0.29) is 11.8 Å². The predicted molar refractivity (Wildman–Crippen MR) is 72.1 cm³/mol. The number of carbonyl (C=O) groups is 1. The van der Waals surface area contributed by atoms with Gasteiger partial charge in [-0.15, -0.1) is 0 Å². The van der Waals surface area contributed by atoms with E-state index in [1.165, 1.54) is 12.1 Å². The molecule has 2 rings (SSSR count). The maximum atomic E-state index is 12.1. The van der Waals surface area contributed by atoms with Crippen LogP contribution in [0.15, 0.2) is 24.3 Å². The van der Waals surface area contributed by atoms with Crippen molar-refractivity contribution in [1.29, 1.82) is 0 Å². The summed E-state index contributed by atoms with van der Waals surface area (Å²) in [7, 11) is 0. The minimum absolute atomic E-state index is 0.0322. The molecule has 0 bridgehead atoms. The zero-order valence-corrected chi connectivity index (χ0v) is 11.3. The van der Waals surface area contributed by atoms with E-state index in [4.69, 9.17) is 0 Å². The first-order valence-electron chi connectivity index (χ1n) is 6.65. The number of nitrogens with zero attached hydrogens (tertiary/aromatic N) is 1. The van der Waals surface area contributed by atoms with Gasteiger partial charge in [0.2, 0.25) is 0 Å². The number of piperidine rings is 1. The fourth-order valence-electron chi connectivity index (χ4n) is 2.33. The molecule has 1 aliphatic heterocycles. The largest absolute Gasteiger partial charge is 0.435 e. The second kappa shape index (κ2) is 6.54. The van der Waals surface area contributed by atoms with Crippen LogP contribution in [0.1, 0.15) is 19.8 Å². The van der Waals surface area contributed by atoms with Crippen LogP contribution in [0.5, 0.6) is 5.75 Å². The van der Waals surface area contributed by atoms with Crippen LogP contribution in [0, 0.1) is 5.92 Å². The fourth-order valence-corrected chi connectivity index (χ4v) is 2.33. The number of anilines is 1. The number of halogens is 2. The lowest BCUT2D eigenvalue weighted by Crippen LogP contribution is -2.41. The van der Waals surface area contributed by atoms with Crippen molar-refractivity contribution in [2.24, 2.45) is 5.92 Å². The van der Waals surface area contributed by atoms with Crippen LogP contribution < -0.4 is 10.1 Å². The Morgan fingerprint density at radius 2 is 2.30 bits per heavy atom. The van der Waals surface area contributed by atoms with Crippen molar-refractivity contribution >= 4 is 11.7 Å². The predicted octanol–water partition coefficient (Wildman–Crippen LogP) is 3.55. The molecule has 1 N–H and O–H groups in total. The van der Waals surface area contributed by atoms with Gasteiger partial charge in [-0.05, 0) is 30.9 Å². The molecule has 0 saturated carbocycles. The van der Waals surface area contributed by atoms with Crippen molar-refractivity contribution in [1.82, 2.24) is 4.90 Å². The number of rotatable bonds is 3. The molecule has 4 nitrogen and oxygen atoms in total. The molecular weight excluding hydrogens is 266 g/mol. The van der Waals surface area contributed by atoms with Crippen LogP contribution in [-0.4, -0.2) is 30.6 Å². The molecule has 1 aromatic carbocycles. The molecule has 20 heavy (non-hydrogen) atoms. The Bertz CT molecular complexity index is 468. The zero-order valence-electron chi connectivity index (χ0n) is 11.3. The highest BCUT2D eigenvalue weighted by Gasteiger charge is 2.20. The third-order valence-electron chi connectivity index (χ3n) is 3.25. The fraction of sp³-hybridized carbons (Fsp3) is 0.500. The second-order valence-corrected chi connectivity index (χ2v) is 5.03. The molecule has 0 unspecified atom stereocenters. The Morgan fingerprint density at radius 1 is 1.50 bits per heavy atom. The molecule has 1 heterocycles. The van der Waals surface area contributed by atoms with E-state index in [0.29, 0.717) is 11.6 Å². The first-order valence-corrected chi connectivity index (χ1v) is 6.65. The third-order valence-corrected chi connectivity index (χ3v) is 3.25. The van der Waals surface area contributed by atoms with Crippen LogP contribution in [0.25, 0.3) is 0 Å². The number of ether oxygens (including phenoxy) is 1. The summed E-state index contributed by atoms with van der Waals surface area (Å²) in [5.41, 5.74) is 0.450. The summed E-state index contributed by atoms with van der Waals surface area (Å²) in [6.45, 7) is 0.683. The van der Waals surface area contributed by atoms with E-state index in [1.54, 1.807) is 17.0 Å². The standard InChI is InChI=1S/C14H18F2N2O2/c1-10-4-3-7-18(9-10)14(19)17-11-5-2-6-12(8-11)20-13(15)16/h2,5-6,8,10,13H,3-4,7,9H2,1H3,(H,17,19)/t10-/m0/s1. The first kappa shape index (κ1) is 14.6. The molecule has 1 fully saturated rings. The van der Waals surface area contributed by atoms with E-state index < -0.39 is 6.61 Å². The second-order valence-electron chi connectivity index (χ2n) is 5.03. The topological polar surface area (TPSA) is 41.6 Å². The van der Waals surface area contributed by atoms with Gasteiger partial charge in [-0.1, -0.05) is 13.0 Å². The van der Waals surface area contributed by atoms with E-state index in [2.05, 4.69) is 17.0 Å². The van der Waals surface area contributed by atoms with Gasteiger partial charge in [-0.3, -0.25) is 0 Å². The minimum Gasteiger partial charge on any atom is -0.435 e. The summed E-state index contributed by atoms with van der Waals surface area (Å²) >= 11 is 0. The molecule has 1 aliphatic rings. The van der Waals surface area contributed by atoms with Crippen molar-refractivity contribution in [3.8, 4) is 5.75 Å². The van der Waals surface area contributed by atoms with Gasteiger partial charge in [0.15, 0.2) is 0 Å². The monoisotopic (exact) mass is 284 g/mol. The van der Waals surface area contributed by atoms with E-state index >= 15 is 0 Å². The van der Waals surface area contributed by atoms with Crippen molar-refractivity contribution in [3.63, 3.8) is 0 Å². The average molecular weight is 284 g/mol. The summed E-state index contributed by atoms with van der Waals surface area (Å²) in [5, 5.41) is 2.71. The number of alkyl halides is 2. The number of carbonyl (C=O) groups excluding carboxylic acids is 1. The Morgan fingerprint density at radius 3 is 3.00 bits per heavy atom. The number of nitrogens with one attached hydrogen (secondary N) is 1. The maximum Gasteiger partial charge on any atom is 0.387 e. The summed E-state index contributed by atoms with van der Waals surface area (Å²) in [5.74, 6) is 0.521. The highest BCUT2D eigenvalue weighted by molar-refractivity contribution is 5.89. The van der Waals surface area contributed by atoms with Crippen LogP contribution in [0.3, 0.4) is 0 Å². The molecule has 1 saturated heterocycles. The van der Waals surface area contributed by atoms with Gasteiger partial charge in [0.25, 0.3) is 0 Å². The van der Waals surface area contributed by atoms with Crippen molar-refractivity contribution in [3.05, 3.63) is 24.3 Å². The quantitative estimate of drug-likeness (QED) is 0.922. The SMILES string of the molecule is C[C@H]1CCCN(C(=O)Nc2cccc(OC(F)F)c2)C1. The molecule has 110 valence electrons. The lowest BCUT2D eigenvalue weighted by Gasteiger charge is -2.30. The molecule has 1 aromatic rings. The summed E-state index contributed by atoms with van der Waals surface area (Å²) in [6.07, 6.45) is 2.12. The Hall–Kier alpha value is -1.85. The van der Waals surface area contributed by atoms with Crippen LogP contribution in [0.2, 0.25) is 0 Å². The van der Waals surface area contributed by atoms with Crippen molar-refractivity contribution in [2.75, 3.05) is 18.4 Å². The number of benzene rings is 1.